The molecule has 0 radical (unpaired) electrons. The van der Waals surface area contributed by atoms with Gasteiger partial charge in [0.05, 0.1) is 26.5 Å². The van der Waals surface area contributed by atoms with Crippen molar-refractivity contribution in [2.24, 2.45) is 5.16 Å². The predicted molar refractivity (Wildman–Crippen MR) is 114 cm³/mol. The van der Waals surface area contributed by atoms with Crippen molar-refractivity contribution in [1.82, 2.24) is 0 Å². The van der Waals surface area contributed by atoms with Crippen LogP contribution in [0.15, 0.2) is 27.9 Å². The average Bonchev–Trinajstić information content (AvgIpc) is 2.66. The first-order valence-corrected chi connectivity index (χ1v) is 9.89. The number of unbranched alkanes of at least 4 members (excludes halogenated alkanes) is 3. The molecule has 0 bridgehead atoms. The molecule has 0 unspecified atom stereocenters. The second-order valence-electron chi connectivity index (χ2n) is 6.10. The standard InChI is InChI=1S/C20H29Cl2NO5/c1-15(2)23-28-11-8-6-5-7-10-27-20-17(24-3)13-16(14-18(20)25-4)26-12-9-19(21)22/h9,13-14H,5-8,10-12H2,1-4H3. The van der Waals surface area contributed by atoms with E-state index in [1.807, 2.05) is 13.8 Å². The van der Waals surface area contributed by atoms with E-state index in [0.717, 1.165) is 31.4 Å². The molecule has 1 aromatic carbocycles. The zero-order valence-corrected chi connectivity index (χ0v) is 18.4. The zero-order chi connectivity index (χ0) is 20.8. The fourth-order valence-corrected chi connectivity index (χ4v) is 2.38. The van der Waals surface area contributed by atoms with Crippen LogP contribution in [0.2, 0.25) is 0 Å². The highest BCUT2D eigenvalue weighted by atomic mass is 35.5. The summed E-state index contributed by atoms with van der Waals surface area (Å²) in [6.45, 7) is 5.25. The van der Waals surface area contributed by atoms with Gasteiger partial charge in [0.15, 0.2) is 11.5 Å². The topological polar surface area (TPSA) is 58.5 Å². The van der Waals surface area contributed by atoms with E-state index in [1.165, 1.54) is 0 Å². The van der Waals surface area contributed by atoms with Gasteiger partial charge in [0, 0.05) is 12.1 Å². The van der Waals surface area contributed by atoms with Crippen LogP contribution in [0.3, 0.4) is 0 Å². The number of ether oxygens (including phenoxy) is 4. The van der Waals surface area contributed by atoms with Crippen LogP contribution in [0.5, 0.6) is 23.0 Å². The number of nitrogens with zero attached hydrogens (tertiary/aromatic N) is 1. The highest BCUT2D eigenvalue weighted by molar-refractivity contribution is 6.55. The Morgan fingerprint density at radius 3 is 2.07 bits per heavy atom. The Labute approximate surface area is 177 Å². The Morgan fingerprint density at radius 2 is 1.54 bits per heavy atom. The van der Waals surface area contributed by atoms with Crippen LogP contribution >= 0.6 is 23.2 Å². The van der Waals surface area contributed by atoms with Crippen molar-refractivity contribution >= 4 is 28.9 Å². The molecule has 0 saturated carbocycles. The number of halogens is 2. The Kier molecular flexibility index (Phi) is 12.3. The molecule has 0 aromatic heterocycles. The Bertz CT molecular complexity index is 616. The summed E-state index contributed by atoms with van der Waals surface area (Å²) in [4.78, 5) is 5.18. The molecule has 0 fully saturated rings. The molecule has 8 heteroatoms. The summed E-state index contributed by atoms with van der Waals surface area (Å²) in [5.74, 6) is 2.20. The average molecular weight is 434 g/mol. The van der Waals surface area contributed by atoms with E-state index in [0.29, 0.717) is 36.2 Å². The minimum atomic E-state index is 0.152. The Hall–Kier alpha value is -1.79. The van der Waals surface area contributed by atoms with Gasteiger partial charge < -0.3 is 23.8 Å². The summed E-state index contributed by atoms with van der Waals surface area (Å²) in [5.41, 5.74) is 0.923. The number of methoxy groups -OCH3 is 2. The lowest BCUT2D eigenvalue weighted by Gasteiger charge is -2.16. The maximum atomic E-state index is 5.89. The first kappa shape index (κ1) is 24.2. The van der Waals surface area contributed by atoms with E-state index in [4.69, 9.17) is 47.0 Å². The molecule has 0 aliphatic carbocycles. The summed E-state index contributed by atoms with van der Waals surface area (Å²) in [6.07, 6.45) is 5.53. The fourth-order valence-electron chi connectivity index (χ4n) is 2.25. The van der Waals surface area contributed by atoms with Crippen LogP contribution in [0.4, 0.5) is 0 Å². The molecule has 0 spiro atoms. The minimum absolute atomic E-state index is 0.152. The lowest BCUT2D eigenvalue weighted by molar-refractivity contribution is 0.139. The summed E-state index contributed by atoms with van der Waals surface area (Å²) in [5, 5.41) is 3.91. The molecule has 0 aliphatic rings. The molecule has 0 amide bonds. The number of hydrogen-bond donors (Lipinski definition) is 0. The first-order valence-electron chi connectivity index (χ1n) is 9.13. The normalized spacial score (nSPS) is 10.1. The fraction of sp³-hybridized carbons (Fsp3) is 0.550. The van der Waals surface area contributed by atoms with Gasteiger partial charge >= 0.3 is 0 Å². The molecule has 158 valence electrons. The van der Waals surface area contributed by atoms with Crippen molar-refractivity contribution in [3.8, 4) is 23.0 Å². The first-order chi connectivity index (χ1) is 13.5. The quantitative estimate of drug-likeness (QED) is 0.212. The van der Waals surface area contributed by atoms with Crippen LogP contribution in [0, 0.1) is 0 Å². The molecule has 0 atom stereocenters. The second kappa shape index (κ2) is 14.2. The van der Waals surface area contributed by atoms with Crippen LogP contribution in [-0.4, -0.2) is 39.8 Å². The molecule has 1 aromatic rings. The summed E-state index contributed by atoms with van der Waals surface area (Å²) >= 11 is 11.2. The maximum absolute atomic E-state index is 5.89. The van der Waals surface area contributed by atoms with E-state index in [2.05, 4.69) is 5.16 Å². The molecule has 0 heterocycles. The van der Waals surface area contributed by atoms with E-state index < -0.39 is 0 Å². The highest BCUT2D eigenvalue weighted by Gasteiger charge is 2.15. The summed E-state index contributed by atoms with van der Waals surface area (Å²) in [7, 11) is 3.14. The largest absolute Gasteiger partial charge is 0.493 e. The molecule has 0 N–H and O–H groups in total. The van der Waals surface area contributed by atoms with Gasteiger partial charge in [0.25, 0.3) is 0 Å². The van der Waals surface area contributed by atoms with Crippen LogP contribution in [-0.2, 0) is 4.84 Å². The molecule has 28 heavy (non-hydrogen) atoms. The third-order valence-corrected chi connectivity index (χ3v) is 3.85. The van der Waals surface area contributed by atoms with Crippen LogP contribution in [0.1, 0.15) is 39.5 Å². The monoisotopic (exact) mass is 433 g/mol. The van der Waals surface area contributed by atoms with E-state index in [-0.39, 0.29) is 11.1 Å². The van der Waals surface area contributed by atoms with Crippen molar-refractivity contribution in [3.05, 3.63) is 22.7 Å². The van der Waals surface area contributed by atoms with Crippen molar-refractivity contribution in [3.63, 3.8) is 0 Å². The zero-order valence-electron chi connectivity index (χ0n) is 16.9. The third-order valence-electron chi connectivity index (χ3n) is 3.55. The van der Waals surface area contributed by atoms with E-state index >= 15 is 0 Å². The Balaban J connectivity index is 2.48. The summed E-state index contributed by atoms with van der Waals surface area (Å²) < 4.78 is 22.5. The van der Waals surface area contributed by atoms with E-state index in [9.17, 15) is 0 Å². The maximum Gasteiger partial charge on any atom is 0.203 e. The Morgan fingerprint density at radius 1 is 0.929 bits per heavy atom. The van der Waals surface area contributed by atoms with E-state index in [1.54, 1.807) is 32.4 Å². The lowest BCUT2D eigenvalue weighted by Crippen LogP contribution is -2.03. The van der Waals surface area contributed by atoms with Crippen molar-refractivity contribution in [2.45, 2.75) is 39.5 Å². The van der Waals surface area contributed by atoms with Gasteiger partial charge in [-0.05, 0) is 45.6 Å². The van der Waals surface area contributed by atoms with Gasteiger partial charge in [0.1, 0.15) is 23.5 Å². The van der Waals surface area contributed by atoms with Crippen molar-refractivity contribution < 1.29 is 23.8 Å². The molecule has 1 rings (SSSR count). The molecular weight excluding hydrogens is 405 g/mol. The lowest BCUT2D eigenvalue weighted by atomic mass is 10.2. The second-order valence-corrected chi connectivity index (χ2v) is 7.10. The van der Waals surface area contributed by atoms with Crippen LogP contribution in [0.25, 0.3) is 0 Å². The van der Waals surface area contributed by atoms with Crippen molar-refractivity contribution in [1.29, 1.82) is 0 Å². The smallest absolute Gasteiger partial charge is 0.203 e. The number of hydrogen-bond acceptors (Lipinski definition) is 6. The highest BCUT2D eigenvalue weighted by Crippen LogP contribution is 2.41. The molecule has 0 aliphatic heterocycles. The van der Waals surface area contributed by atoms with Gasteiger partial charge in [-0.3, -0.25) is 0 Å². The van der Waals surface area contributed by atoms with Gasteiger partial charge in [-0.25, -0.2) is 0 Å². The minimum Gasteiger partial charge on any atom is -0.493 e. The van der Waals surface area contributed by atoms with Crippen LogP contribution < -0.4 is 18.9 Å². The molecule has 6 nitrogen and oxygen atoms in total. The molecule has 0 saturated heterocycles. The third kappa shape index (κ3) is 9.95. The van der Waals surface area contributed by atoms with Gasteiger partial charge in [-0.1, -0.05) is 28.4 Å². The van der Waals surface area contributed by atoms with Crippen molar-refractivity contribution in [2.75, 3.05) is 34.0 Å². The number of rotatable bonds is 14. The van der Waals surface area contributed by atoms with Gasteiger partial charge in [-0.2, -0.15) is 0 Å². The predicted octanol–water partition coefficient (Wildman–Crippen LogP) is 5.75. The number of oxime groups is 1. The summed E-state index contributed by atoms with van der Waals surface area (Å²) in [6, 6.07) is 3.48. The SMILES string of the molecule is COc1cc(OCC=C(Cl)Cl)cc(OC)c1OCCCCCCON=C(C)C. The number of benzene rings is 1. The van der Waals surface area contributed by atoms with Gasteiger partial charge in [-0.15, -0.1) is 0 Å². The molecular formula is C20H29Cl2NO5. The van der Waals surface area contributed by atoms with Gasteiger partial charge in [0.2, 0.25) is 5.75 Å².